The molecule has 0 aliphatic heterocycles. The number of aromatic nitrogens is 6. The van der Waals surface area contributed by atoms with E-state index in [0.29, 0.717) is 61.6 Å². The summed E-state index contributed by atoms with van der Waals surface area (Å²) in [5.74, 6) is 1.44. The molecule has 0 spiro atoms. The van der Waals surface area contributed by atoms with Gasteiger partial charge in [-0.3, -0.25) is 9.78 Å². The van der Waals surface area contributed by atoms with Crippen LogP contribution in [0.1, 0.15) is 23.4 Å². The molecule has 0 unspecified atom stereocenters. The second-order valence-electron chi connectivity index (χ2n) is 8.46. The molecular weight excluding hydrogens is 490 g/mol. The van der Waals surface area contributed by atoms with Gasteiger partial charge in [-0.2, -0.15) is 4.52 Å². The van der Waals surface area contributed by atoms with Crippen molar-refractivity contribution in [3.63, 3.8) is 0 Å². The Hall–Kier alpha value is -4.42. The highest BCUT2D eigenvalue weighted by atomic mass is 16.5. The van der Waals surface area contributed by atoms with E-state index in [1.807, 2.05) is 42.6 Å². The van der Waals surface area contributed by atoms with Gasteiger partial charge in [0.25, 0.3) is 0 Å². The zero-order valence-corrected chi connectivity index (χ0v) is 20.9. The molecule has 0 saturated heterocycles. The minimum atomic E-state index is 0.245. The van der Waals surface area contributed by atoms with Gasteiger partial charge in [0, 0.05) is 43.3 Å². The Morgan fingerprint density at radius 2 is 1.97 bits per heavy atom. The largest absolute Gasteiger partial charge is 0.470 e. The second kappa shape index (κ2) is 12.2. The quantitative estimate of drug-likeness (QED) is 0.173. The Morgan fingerprint density at radius 1 is 1.08 bits per heavy atom. The van der Waals surface area contributed by atoms with Gasteiger partial charge in [-0.25, -0.2) is 0 Å². The zero-order chi connectivity index (χ0) is 26.2. The number of amides is 1. The van der Waals surface area contributed by atoms with Crippen molar-refractivity contribution in [3.05, 3.63) is 65.7 Å². The molecule has 1 aromatic carbocycles. The number of aryl methyl sites for hydroxylation is 1. The Labute approximate surface area is 217 Å². The summed E-state index contributed by atoms with van der Waals surface area (Å²) in [6.07, 6.45) is 4.24. The van der Waals surface area contributed by atoms with Crippen LogP contribution in [0.15, 0.2) is 53.2 Å². The predicted molar refractivity (Wildman–Crippen MR) is 136 cm³/mol. The van der Waals surface area contributed by atoms with Crippen molar-refractivity contribution in [2.24, 2.45) is 0 Å². The molecule has 38 heavy (non-hydrogen) atoms. The van der Waals surface area contributed by atoms with E-state index in [1.165, 1.54) is 0 Å². The zero-order valence-electron chi connectivity index (χ0n) is 20.9. The molecule has 12 nitrogen and oxygen atoms in total. The van der Waals surface area contributed by atoms with Crippen LogP contribution >= 0.6 is 0 Å². The molecule has 4 heterocycles. The maximum Gasteiger partial charge on any atom is 0.240 e. The Kier molecular flexibility index (Phi) is 8.11. The summed E-state index contributed by atoms with van der Waals surface area (Å²) in [7, 11) is 1.59. The average molecular weight is 518 g/mol. The van der Waals surface area contributed by atoms with E-state index >= 15 is 0 Å². The van der Waals surface area contributed by atoms with Gasteiger partial charge in [-0.15, -0.1) is 15.3 Å². The summed E-state index contributed by atoms with van der Waals surface area (Å²) in [6.45, 7) is 2.19. The van der Waals surface area contributed by atoms with Crippen molar-refractivity contribution in [2.45, 2.75) is 26.1 Å². The Balaban J connectivity index is 1.28. The molecule has 5 aromatic rings. The molecule has 0 atom stereocenters. The van der Waals surface area contributed by atoms with Gasteiger partial charge >= 0.3 is 0 Å². The third-order valence-corrected chi connectivity index (χ3v) is 5.78. The highest BCUT2D eigenvalue weighted by molar-refractivity contribution is 5.96. The van der Waals surface area contributed by atoms with Crippen molar-refractivity contribution in [1.29, 1.82) is 0 Å². The second-order valence-corrected chi connectivity index (χ2v) is 8.46. The number of rotatable bonds is 14. The molecule has 0 saturated carbocycles. The van der Waals surface area contributed by atoms with E-state index < -0.39 is 0 Å². The molecule has 0 aliphatic rings. The number of hydrogen-bond donors (Lipinski definition) is 1. The molecule has 12 heteroatoms. The van der Waals surface area contributed by atoms with Crippen LogP contribution in [0.2, 0.25) is 0 Å². The van der Waals surface area contributed by atoms with E-state index in [0.717, 1.165) is 34.9 Å². The number of nitrogens with one attached hydrogen (secondary N) is 1. The fourth-order valence-corrected chi connectivity index (χ4v) is 3.95. The number of hydrogen-bond acceptors (Lipinski definition) is 10. The normalized spacial score (nSPS) is 11.3. The lowest BCUT2D eigenvalue weighted by Crippen LogP contribution is -2.17. The molecule has 0 fully saturated rings. The van der Waals surface area contributed by atoms with Crippen LogP contribution in [0, 0.1) is 0 Å². The Bertz CT molecular complexity index is 1500. The van der Waals surface area contributed by atoms with Crippen molar-refractivity contribution >= 4 is 22.8 Å². The third-order valence-electron chi connectivity index (χ3n) is 5.78. The highest BCUT2D eigenvalue weighted by Crippen LogP contribution is 2.29. The van der Waals surface area contributed by atoms with Crippen LogP contribution in [-0.4, -0.2) is 63.2 Å². The van der Waals surface area contributed by atoms with Crippen LogP contribution in [0.5, 0.6) is 5.88 Å². The van der Waals surface area contributed by atoms with Crippen molar-refractivity contribution in [1.82, 2.24) is 35.3 Å². The van der Waals surface area contributed by atoms with E-state index in [9.17, 15) is 4.79 Å². The van der Waals surface area contributed by atoms with Gasteiger partial charge < -0.3 is 24.1 Å². The maximum absolute atomic E-state index is 10.2. The fraction of sp³-hybridized carbons (Fsp3) is 0.308. The summed E-state index contributed by atoms with van der Waals surface area (Å²) in [5, 5.41) is 21.7. The number of ether oxygens (including phenoxy) is 3. The third kappa shape index (κ3) is 5.76. The number of carbonyl (C=O) groups excluding carboxylic acids is 1. The van der Waals surface area contributed by atoms with Gasteiger partial charge in [0.15, 0.2) is 17.1 Å². The van der Waals surface area contributed by atoms with Gasteiger partial charge in [0.05, 0.1) is 12.3 Å². The minimum Gasteiger partial charge on any atom is -0.470 e. The van der Waals surface area contributed by atoms with Crippen LogP contribution in [0.25, 0.3) is 27.9 Å². The number of methoxy groups -OCH3 is 1. The number of carbonyl (C=O) groups is 1. The standard InChI is InChI=1S/C26H27N7O5/c1-35-16-20-13-23(32-38-20)25-30-29-24-21-6-2-3-7-22(21)26(31-33(24)25)37-15-19-9-8-18(14-28-19)5-4-11-36-12-10-27-17-34/h2-3,6-9,13-14,17H,4-5,10-12,15-16H2,1H3,(H,27,34). The Morgan fingerprint density at radius 3 is 2.79 bits per heavy atom. The van der Waals surface area contributed by atoms with Crippen LogP contribution in [-0.2, 0) is 33.9 Å². The molecular formula is C26H27N7O5. The van der Waals surface area contributed by atoms with E-state index in [1.54, 1.807) is 17.7 Å². The van der Waals surface area contributed by atoms with E-state index in [-0.39, 0.29) is 6.61 Å². The first kappa shape index (κ1) is 25.2. The maximum atomic E-state index is 10.2. The van der Waals surface area contributed by atoms with Gasteiger partial charge in [-0.05, 0) is 30.5 Å². The van der Waals surface area contributed by atoms with Gasteiger partial charge in [0.2, 0.25) is 18.1 Å². The summed E-state index contributed by atoms with van der Waals surface area (Å²) >= 11 is 0. The number of benzene rings is 1. The highest BCUT2D eigenvalue weighted by Gasteiger charge is 2.19. The number of fused-ring (bicyclic) bond motifs is 3. The lowest BCUT2D eigenvalue weighted by molar-refractivity contribution is -0.109. The smallest absolute Gasteiger partial charge is 0.240 e. The van der Waals surface area contributed by atoms with E-state index in [2.05, 4.69) is 25.7 Å². The molecule has 1 amide bonds. The van der Waals surface area contributed by atoms with Crippen LogP contribution in [0.3, 0.4) is 0 Å². The molecule has 5 rings (SSSR count). The van der Waals surface area contributed by atoms with Gasteiger partial charge in [-0.1, -0.05) is 29.4 Å². The first-order valence-electron chi connectivity index (χ1n) is 12.2. The predicted octanol–water partition coefficient (Wildman–Crippen LogP) is 2.75. The number of nitrogens with zero attached hydrogens (tertiary/aromatic N) is 6. The summed E-state index contributed by atoms with van der Waals surface area (Å²) < 4.78 is 23.7. The molecule has 4 aromatic heterocycles. The first-order valence-corrected chi connectivity index (χ1v) is 12.2. The lowest BCUT2D eigenvalue weighted by atomic mass is 10.1. The van der Waals surface area contributed by atoms with Crippen molar-refractivity contribution in [3.8, 4) is 17.4 Å². The van der Waals surface area contributed by atoms with Gasteiger partial charge in [0.1, 0.15) is 13.2 Å². The average Bonchev–Trinajstić information content (AvgIpc) is 3.59. The summed E-state index contributed by atoms with van der Waals surface area (Å²) in [6, 6.07) is 13.5. The molecule has 0 radical (unpaired) electrons. The molecule has 0 aliphatic carbocycles. The lowest BCUT2D eigenvalue weighted by Gasteiger charge is -2.10. The molecule has 196 valence electrons. The topological polar surface area (TPSA) is 139 Å². The minimum absolute atomic E-state index is 0.245. The molecule has 1 N–H and O–H groups in total. The van der Waals surface area contributed by atoms with Crippen LogP contribution < -0.4 is 10.1 Å². The van der Waals surface area contributed by atoms with Crippen LogP contribution in [0.4, 0.5) is 0 Å². The van der Waals surface area contributed by atoms with E-state index in [4.69, 9.17) is 23.8 Å². The SMILES string of the molecule is COCc1cc(-c2nnc3c4ccccc4c(OCc4ccc(CCCOCCNC=O)cn4)nn23)no1. The van der Waals surface area contributed by atoms with Crippen molar-refractivity contribution in [2.75, 3.05) is 26.9 Å². The molecule has 0 bridgehead atoms. The monoisotopic (exact) mass is 517 g/mol. The first-order chi connectivity index (χ1) is 18.8. The summed E-state index contributed by atoms with van der Waals surface area (Å²) in [5.41, 5.74) is 2.98. The number of pyridine rings is 1. The summed E-state index contributed by atoms with van der Waals surface area (Å²) in [4.78, 5) is 14.8. The fourth-order valence-electron chi connectivity index (χ4n) is 3.95. The van der Waals surface area contributed by atoms with Crippen molar-refractivity contribution < 1.29 is 23.5 Å².